The molecule has 0 atom stereocenters. The first kappa shape index (κ1) is 25.6. The van der Waals surface area contributed by atoms with Crippen molar-refractivity contribution in [2.75, 3.05) is 5.32 Å². The molecule has 0 amide bonds. The Morgan fingerprint density at radius 1 is 1.00 bits per heavy atom. The van der Waals surface area contributed by atoms with E-state index in [9.17, 15) is 5.26 Å². The van der Waals surface area contributed by atoms with Crippen molar-refractivity contribution in [1.82, 2.24) is 25.0 Å². The minimum atomic E-state index is 0.432. The third kappa shape index (κ3) is 5.52. The molecule has 1 N–H and O–H groups in total. The average molecular weight is 562 g/mol. The van der Waals surface area contributed by atoms with Crippen LogP contribution in [0.4, 0.5) is 11.6 Å². The summed E-state index contributed by atoms with van der Waals surface area (Å²) >= 11 is 3.23. The zero-order valence-electron chi connectivity index (χ0n) is 21.7. The van der Waals surface area contributed by atoms with Crippen LogP contribution in [0.2, 0.25) is 0 Å². The van der Waals surface area contributed by atoms with Crippen LogP contribution in [0.3, 0.4) is 0 Å². The van der Waals surface area contributed by atoms with Crippen molar-refractivity contribution < 1.29 is 4.74 Å². The van der Waals surface area contributed by atoms with Crippen LogP contribution in [0.1, 0.15) is 16.7 Å². The smallest absolute Gasteiger partial charge is 0.242 e. The lowest BCUT2D eigenvalue weighted by molar-refractivity contribution is 0.463. The molecular formula is C30H23N7OS2. The summed E-state index contributed by atoms with van der Waals surface area (Å²) < 4.78 is 9.00. The lowest BCUT2D eigenvalue weighted by Crippen LogP contribution is -2.00. The Hall–Kier alpha value is -4.72. The predicted molar refractivity (Wildman–Crippen MR) is 159 cm³/mol. The Labute approximate surface area is 239 Å². The van der Waals surface area contributed by atoms with Crippen molar-refractivity contribution in [3.63, 3.8) is 0 Å². The second-order valence-electron chi connectivity index (χ2n) is 9.07. The molecule has 0 saturated heterocycles. The fraction of sp³-hybridized carbons (Fsp3) is 0.100. The number of hydrogen-bond donors (Lipinski definition) is 1. The van der Waals surface area contributed by atoms with E-state index in [1.807, 2.05) is 90.8 Å². The quantitative estimate of drug-likeness (QED) is 0.188. The zero-order chi connectivity index (χ0) is 27.5. The number of ether oxygens (including phenoxy) is 1. The van der Waals surface area contributed by atoms with Crippen molar-refractivity contribution in [1.29, 1.82) is 5.26 Å². The molecule has 0 bridgehead atoms. The summed E-state index contributed by atoms with van der Waals surface area (Å²) in [5.74, 6) is 2.28. The molecule has 196 valence electrons. The molecule has 10 heteroatoms. The van der Waals surface area contributed by atoms with Crippen molar-refractivity contribution in [2.24, 2.45) is 0 Å². The number of rotatable bonds is 8. The van der Waals surface area contributed by atoms with Gasteiger partial charge in [-0.2, -0.15) is 10.2 Å². The minimum absolute atomic E-state index is 0.432. The SMILES string of the molecule is Cc1cc(C#N)cc(C)c1Oc1nc(Nc2ccc(-c3cn(CSc4ccccc4)nn3)cc2)nc2ccsc12. The summed E-state index contributed by atoms with van der Waals surface area (Å²) in [5, 5.41) is 23.1. The van der Waals surface area contributed by atoms with Gasteiger partial charge in [-0.1, -0.05) is 35.5 Å². The fourth-order valence-electron chi connectivity index (χ4n) is 4.24. The Kier molecular flexibility index (Phi) is 7.14. The van der Waals surface area contributed by atoms with E-state index >= 15 is 0 Å². The molecule has 0 radical (unpaired) electrons. The lowest BCUT2D eigenvalue weighted by Gasteiger charge is -2.13. The number of nitriles is 1. The normalized spacial score (nSPS) is 10.9. The Morgan fingerprint density at radius 2 is 1.77 bits per heavy atom. The second-order valence-corrected chi connectivity index (χ2v) is 11.0. The van der Waals surface area contributed by atoms with Gasteiger partial charge in [0.15, 0.2) is 0 Å². The maximum Gasteiger partial charge on any atom is 0.242 e. The highest BCUT2D eigenvalue weighted by Crippen LogP contribution is 2.36. The Morgan fingerprint density at radius 3 is 2.52 bits per heavy atom. The number of aromatic nitrogens is 5. The molecular weight excluding hydrogens is 539 g/mol. The van der Waals surface area contributed by atoms with Gasteiger partial charge < -0.3 is 10.1 Å². The van der Waals surface area contributed by atoms with Crippen LogP contribution in [-0.4, -0.2) is 25.0 Å². The molecule has 3 aromatic carbocycles. The van der Waals surface area contributed by atoms with Crippen molar-refractivity contribution in [3.8, 4) is 29.0 Å². The zero-order valence-corrected chi connectivity index (χ0v) is 23.3. The molecule has 0 unspecified atom stereocenters. The van der Waals surface area contributed by atoms with E-state index in [1.165, 1.54) is 16.2 Å². The van der Waals surface area contributed by atoms with E-state index in [4.69, 9.17) is 9.72 Å². The molecule has 0 aliphatic rings. The standard InChI is InChI=1S/C30H23N7OS2/c1-19-14-21(16-31)15-20(2)27(19)38-29-28-25(12-13-39-28)33-30(34-29)32-23-10-8-22(9-11-23)26-17-37(36-35-26)18-40-24-6-4-3-5-7-24/h3-15,17H,18H2,1-2H3,(H,32,33,34). The van der Waals surface area contributed by atoms with Gasteiger partial charge in [0.2, 0.25) is 11.8 Å². The van der Waals surface area contributed by atoms with Crippen LogP contribution < -0.4 is 10.1 Å². The van der Waals surface area contributed by atoms with Gasteiger partial charge in [-0.15, -0.1) is 28.2 Å². The molecule has 0 fully saturated rings. The number of aryl methyl sites for hydroxylation is 2. The van der Waals surface area contributed by atoms with Gasteiger partial charge in [-0.05, 0) is 72.8 Å². The summed E-state index contributed by atoms with van der Waals surface area (Å²) in [6, 6.07) is 25.9. The average Bonchev–Trinajstić information content (AvgIpc) is 3.65. The number of thiophene rings is 1. The molecule has 3 aromatic heterocycles. The molecule has 0 spiro atoms. The lowest BCUT2D eigenvalue weighted by atomic mass is 10.1. The van der Waals surface area contributed by atoms with Gasteiger partial charge in [0.1, 0.15) is 16.1 Å². The van der Waals surface area contributed by atoms with Gasteiger partial charge in [-0.3, -0.25) is 0 Å². The summed E-state index contributed by atoms with van der Waals surface area (Å²) in [7, 11) is 0. The van der Waals surface area contributed by atoms with Crippen molar-refractivity contribution in [2.45, 2.75) is 24.6 Å². The third-order valence-electron chi connectivity index (χ3n) is 6.14. The molecule has 6 aromatic rings. The first-order valence-corrected chi connectivity index (χ1v) is 14.3. The fourth-order valence-corrected chi connectivity index (χ4v) is 5.75. The summed E-state index contributed by atoms with van der Waals surface area (Å²) in [6.07, 6.45) is 1.95. The van der Waals surface area contributed by atoms with Crippen LogP contribution in [0.5, 0.6) is 11.6 Å². The number of nitrogens with zero attached hydrogens (tertiary/aromatic N) is 6. The van der Waals surface area contributed by atoms with Crippen LogP contribution in [0.15, 0.2) is 89.3 Å². The number of thioether (sulfide) groups is 1. The van der Waals surface area contributed by atoms with Crippen molar-refractivity contribution in [3.05, 3.63) is 101 Å². The molecule has 40 heavy (non-hydrogen) atoms. The van der Waals surface area contributed by atoms with Crippen molar-refractivity contribution >= 4 is 45.0 Å². The number of fused-ring (bicyclic) bond motifs is 1. The molecule has 3 heterocycles. The van der Waals surface area contributed by atoms with Gasteiger partial charge in [0.25, 0.3) is 0 Å². The third-order valence-corrected chi connectivity index (χ3v) is 8.03. The van der Waals surface area contributed by atoms with Crippen LogP contribution >= 0.6 is 23.1 Å². The van der Waals surface area contributed by atoms with E-state index in [1.54, 1.807) is 11.8 Å². The molecule has 0 aliphatic heterocycles. The first-order chi connectivity index (χ1) is 19.6. The largest absolute Gasteiger partial charge is 0.437 e. The summed E-state index contributed by atoms with van der Waals surface area (Å²) in [4.78, 5) is 10.6. The van der Waals surface area contributed by atoms with E-state index in [2.05, 4.69) is 38.8 Å². The number of hydrogen-bond acceptors (Lipinski definition) is 9. The monoisotopic (exact) mass is 561 g/mol. The molecule has 8 nitrogen and oxygen atoms in total. The van der Waals surface area contributed by atoms with E-state index in [0.29, 0.717) is 29.0 Å². The Balaban J connectivity index is 1.19. The predicted octanol–water partition coefficient (Wildman–Crippen LogP) is 7.72. The number of nitrogens with one attached hydrogen (secondary N) is 1. The number of anilines is 2. The van der Waals surface area contributed by atoms with Gasteiger partial charge in [0.05, 0.1) is 29.2 Å². The highest BCUT2D eigenvalue weighted by Gasteiger charge is 2.15. The van der Waals surface area contributed by atoms with Gasteiger partial charge in [0, 0.05) is 16.1 Å². The molecule has 6 rings (SSSR count). The van der Waals surface area contributed by atoms with Gasteiger partial charge >= 0.3 is 0 Å². The Bertz CT molecular complexity index is 1820. The maximum atomic E-state index is 9.27. The van der Waals surface area contributed by atoms with Gasteiger partial charge in [-0.25, -0.2) is 9.67 Å². The second kappa shape index (κ2) is 11.2. The minimum Gasteiger partial charge on any atom is -0.437 e. The van der Waals surface area contributed by atoms with E-state index in [-0.39, 0.29) is 0 Å². The highest BCUT2D eigenvalue weighted by molar-refractivity contribution is 7.98. The maximum absolute atomic E-state index is 9.27. The number of benzene rings is 3. The van der Waals surface area contributed by atoms with Crippen LogP contribution in [-0.2, 0) is 5.88 Å². The molecule has 0 saturated carbocycles. The topological polar surface area (TPSA) is 102 Å². The summed E-state index contributed by atoms with van der Waals surface area (Å²) in [5.41, 5.74) is 5.75. The summed E-state index contributed by atoms with van der Waals surface area (Å²) in [6.45, 7) is 3.86. The van der Waals surface area contributed by atoms with Crippen LogP contribution in [0.25, 0.3) is 21.5 Å². The van der Waals surface area contributed by atoms with Crippen LogP contribution in [0, 0.1) is 25.2 Å². The van der Waals surface area contributed by atoms with E-state index < -0.39 is 0 Å². The highest BCUT2D eigenvalue weighted by atomic mass is 32.2. The van der Waals surface area contributed by atoms with E-state index in [0.717, 1.165) is 38.3 Å². The molecule has 0 aliphatic carbocycles. The first-order valence-electron chi connectivity index (χ1n) is 12.5.